The molecule has 2 heterocycles. The van der Waals surface area contributed by atoms with Crippen molar-refractivity contribution in [3.63, 3.8) is 0 Å². The SMILES string of the molecule is CC(C)Nc1ccc(S(=O)(=O)Nc2cccc3c(Cl)c[nH]c23)cn1. The van der Waals surface area contributed by atoms with Gasteiger partial charge in [-0.15, -0.1) is 0 Å². The number of H-pyrrole nitrogens is 1. The summed E-state index contributed by atoms with van der Waals surface area (Å²) in [6, 6.07) is 8.61. The van der Waals surface area contributed by atoms with E-state index in [-0.39, 0.29) is 10.9 Å². The first-order valence-electron chi connectivity index (χ1n) is 7.38. The molecule has 8 heteroatoms. The predicted molar refractivity (Wildman–Crippen MR) is 97.1 cm³/mol. The Bertz CT molecular complexity index is 965. The highest BCUT2D eigenvalue weighted by Gasteiger charge is 2.17. The topological polar surface area (TPSA) is 86.9 Å². The van der Waals surface area contributed by atoms with Crippen LogP contribution in [0.3, 0.4) is 0 Å². The van der Waals surface area contributed by atoms with Gasteiger partial charge in [-0.05, 0) is 32.0 Å². The summed E-state index contributed by atoms with van der Waals surface area (Å²) in [4.78, 5) is 7.20. The molecule has 0 saturated carbocycles. The Kier molecular flexibility index (Phi) is 4.38. The van der Waals surface area contributed by atoms with Gasteiger partial charge in [0, 0.05) is 23.8 Å². The summed E-state index contributed by atoms with van der Waals surface area (Å²) in [5.41, 5.74) is 1.07. The molecule has 126 valence electrons. The molecule has 0 unspecified atom stereocenters. The first-order chi connectivity index (χ1) is 11.4. The Morgan fingerprint density at radius 3 is 2.67 bits per heavy atom. The summed E-state index contributed by atoms with van der Waals surface area (Å²) >= 11 is 6.07. The van der Waals surface area contributed by atoms with E-state index in [2.05, 4.69) is 20.0 Å². The van der Waals surface area contributed by atoms with Gasteiger partial charge in [0.25, 0.3) is 10.0 Å². The van der Waals surface area contributed by atoms with Gasteiger partial charge in [0.1, 0.15) is 10.7 Å². The van der Waals surface area contributed by atoms with Crippen molar-refractivity contribution in [3.8, 4) is 0 Å². The number of aromatic nitrogens is 2. The van der Waals surface area contributed by atoms with Crippen molar-refractivity contribution in [1.82, 2.24) is 9.97 Å². The lowest BCUT2D eigenvalue weighted by atomic mass is 10.2. The largest absolute Gasteiger partial charge is 0.368 e. The third-order valence-corrected chi connectivity index (χ3v) is 5.06. The Morgan fingerprint density at radius 1 is 1.21 bits per heavy atom. The number of fused-ring (bicyclic) bond motifs is 1. The number of anilines is 2. The van der Waals surface area contributed by atoms with Crippen molar-refractivity contribution < 1.29 is 8.42 Å². The van der Waals surface area contributed by atoms with Crippen LogP contribution < -0.4 is 10.0 Å². The molecule has 0 atom stereocenters. The molecule has 3 rings (SSSR count). The summed E-state index contributed by atoms with van der Waals surface area (Å²) in [5, 5.41) is 4.41. The Labute approximate surface area is 145 Å². The fourth-order valence-corrected chi connectivity index (χ4v) is 3.56. The van der Waals surface area contributed by atoms with Crippen LogP contribution in [0.15, 0.2) is 47.6 Å². The Hall–Kier alpha value is -2.25. The maximum atomic E-state index is 12.6. The fraction of sp³-hybridized carbons (Fsp3) is 0.188. The molecule has 0 bridgehead atoms. The van der Waals surface area contributed by atoms with E-state index < -0.39 is 10.0 Å². The van der Waals surface area contributed by atoms with E-state index >= 15 is 0 Å². The number of hydrogen-bond donors (Lipinski definition) is 3. The third kappa shape index (κ3) is 3.32. The number of sulfonamides is 1. The zero-order chi connectivity index (χ0) is 17.3. The zero-order valence-corrected chi connectivity index (χ0v) is 14.7. The van der Waals surface area contributed by atoms with Crippen LogP contribution in [0.25, 0.3) is 10.9 Å². The summed E-state index contributed by atoms with van der Waals surface area (Å²) in [5.74, 6) is 0.627. The zero-order valence-electron chi connectivity index (χ0n) is 13.2. The number of benzene rings is 1. The highest BCUT2D eigenvalue weighted by atomic mass is 35.5. The van der Waals surface area contributed by atoms with Gasteiger partial charge in [0.05, 0.1) is 16.2 Å². The van der Waals surface area contributed by atoms with Crippen LogP contribution in [-0.4, -0.2) is 24.4 Å². The highest BCUT2D eigenvalue weighted by molar-refractivity contribution is 7.92. The number of para-hydroxylation sites is 1. The van der Waals surface area contributed by atoms with E-state index in [0.29, 0.717) is 22.0 Å². The van der Waals surface area contributed by atoms with E-state index in [0.717, 1.165) is 5.39 Å². The van der Waals surface area contributed by atoms with E-state index in [1.165, 1.54) is 12.3 Å². The van der Waals surface area contributed by atoms with Gasteiger partial charge in [-0.1, -0.05) is 23.7 Å². The summed E-state index contributed by atoms with van der Waals surface area (Å²) < 4.78 is 27.7. The van der Waals surface area contributed by atoms with Crippen LogP contribution >= 0.6 is 11.6 Å². The molecule has 2 aromatic heterocycles. The molecular formula is C16H17ClN4O2S. The van der Waals surface area contributed by atoms with Crippen molar-refractivity contribution in [2.24, 2.45) is 0 Å². The maximum Gasteiger partial charge on any atom is 0.263 e. The fourth-order valence-electron chi connectivity index (χ4n) is 2.33. The minimum atomic E-state index is -3.74. The molecule has 0 fully saturated rings. The molecule has 0 spiro atoms. The molecule has 0 amide bonds. The van der Waals surface area contributed by atoms with Crippen molar-refractivity contribution in [3.05, 3.63) is 47.7 Å². The Balaban J connectivity index is 1.90. The average molecular weight is 365 g/mol. The first-order valence-corrected chi connectivity index (χ1v) is 9.24. The lowest BCUT2D eigenvalue weighted by molar-refractivity contribution is 0.601. The van der Waals surface area contributed by atoms with Crippen molar-refractivity contribution in [1.29, 1.82) is 0 Å². The molecule has 3 aromatic rings. The van der Waals surface area contributed by atoms with Crippen molar-refractivity contribution in [2.45, 2.75) is 24.8 Å². The van der Waals surface area contributed by atoms with Crippen molar-refractivity contribution in [2.75, 3.05) is 10.0 Å². The molecular weight excluding hydrogens is 348 g/mol. The third-order valence-electron chi connectivity index (χ3n) is 3.39. The van der Waals surface area contributed by atoms with Gasteiger partial charge >= 0.3 is 0 Å². The molecule has 0 aliphatic heterocycles. The lowest BCUT2D eigenvalue weighted by Gasteiger charge is -2.11. The van der Waals surface area contributed by atoms with Crippen LogP contribution in [0, 0.1) is 0 Å². The number of rotatable bonds is 5. The van der Waals surface area contributed by atoms with Gasteiger partial charge < -0.3 is 10.3 Å². The second-order valence-corrected chi connectivity index (χ2v) is 7.74. The van der Waals surface area contributed by atoms with Gasteiger partial charge in [0.15, 0.2) is 0 Å². The number of pyridine rings is 1. The Morgan fingerprint density at radius 2 is 2.00 bits per heavy atom. The monoisotopic (exact) mass is 364 g/mol. The van der Waals surface area contributed by atoms with Crippen LogP contribution in [0.2, 0.25) is 5.02 Å². The van der Waals surface area contributed by atoms with Crippen LogP contribution in [0.4, 0.5) is 11.5 Å². The van der Waals surface area contributed by atoms with Gasteiger partial charge in [-0.25, -0.2) is 13.4 Å². The van der Waals surface area contributed by atoms with Gasteiger partial charge in [-0.3, -0.25) is 4.72 Å². The normalized spacial score (nSPS) is 11.8. The summed E-state index contributed by atoms with van der Waals surface area (Å²) in [6.07, 6.45) is 2.95. The molecule has 0 aliphatic carbocycles. The minimum absolute atomic E-state index is 0.0893. The molecule has 0 radical (unpaired) electrons. The summed E-state index contributed by atoms with van der Waals surface area (Å²) in [6.45, 7) is 3.96. The quantitative estimate of drug-likeness (QED) is 0.642. The highest BCUT2D eigenvalue weighted by Crippen LogP contribution is 2.29. The number of nitrogens with zero attached hydrogens (tertiary/aromatic N) is 1. The van der Waals surface area contributed by atoms with Crippen molar-refractivity contribution >= 4 is 44.0 Å². The minimum Gasteiger partial charge on any atom is -0.368 e. The maximum absolute atomic E-state index is 12.6. The van der Waals surface area contributed by atoms with Crippen LogP contribution in [0.5, 0.6) is 0 Å². The summed E-state index contributed by atoms with van der Waals surface area (Å²) in [7, 11) is -3.74. The second-order valence-electron chi connectivity index (χ2n) is 5.65. The average Bonchev–Trinajstić information content (AvgIpc) is 2.90. The van der Waals surface area contributed by atoms with Crippen LogP contribution in [0.1, 0.15) is 13.8 Å². The number of aromatic amines is 1. The molecule has 24 heavy (non-hydrogen) atoms. The predicted octanol–water partition coefficient (Wildman–Crippen LogP) is 3.84. The second kappa shape index (κ2) is 6.33. The molecule has 0 aliphatic rings. The molecule has 0 saturated heterocycles. The van der Waals surface area contributed by atoms with Crippen LogP contribution in [-0.2, 0) is 10.0 Å². The van der Waals surface area contributed by atoms with Gasteiger partial charge in [0.2, 0.25) is 0 Å². The first kappa shape index (κ1) is 16.6. The van der Waals surface area contributed by atoms with E-state index in [9.17, 15) is 8.42 Å². The molecule has 1 aromatic carbocycles. The van der Waals surface area contributed by atoms with E-state index in [1.54, 1.807) is 24.4 Å². The smallest absolute Gasteiger partial charge is 0.263 e. The van der Waals surface area contributed by atoms with E-state index in [1.807, 2.05) is 19.9 Å². The van der Waals surface area contributed by atoms with E-state index in [4.69, 9.17) is 11.6 Å². The number of nitrogens with one attached hydrogen (secondary N) is 3. The molecule has 6 nitrogen and oxygen atoms in total. The standard InChI is InChI=1S/C16H17ClN4O2S/c1-10(2)20-15-7-6-11(8-18-15)24(22,23)21-14-5-3-4-12-13(17)9-19-16(12)14/h3-10,19,21H,1-2H3,(H,18,20). The lowest BCUT2D eigenvalue weighted by Crippen LogP contribution is -2.15. The molecule has 3 N–H and O–H groups in total. The number of hydrogen-bond acceptors (Lipinski definition) is 4. The number of halogens is 1. The van der Waals surface area contributed by atoms with Gasteiger partial charge in [-0.2, -0.15) is 0 Å².